The lowest BCUT2D eigenvalue weighted by Gasteiger charge is -2.17. The normalized spacial score (nSPS) is 15.4. The summed E-state index contributed by atoms with van der Waals surface area (Å²) in [4.78, 5) is 6.19. The number of hydrogen-bond acceptors (Lipinski definition) is 3. The molecule has 1 aromatic rings. The molecule has 1 aromatic heterocycles. The largest absolute Gasteiger partial charge is 0.488 e. The molecule has 14 heavy (non-hydrogen) atoms. The molecule has 0 amide bonds. The predicted molar refractivity (Wildman–Crippen MR) is 59.9 cm³/mol. The molecule has 0 aromatic carbocycles. The van der Waals surface area contributed by atoms with Crippen molar-refractivity contribution in [3.63, 3.8) is 0 Å². The van der Waals surface area contributed by atoms with Crippen LogP contribution in [0.2, 0.25) is 0 Å². The summed E-state index contributed by atoms with van der Waals surface area (Å²) in [6.45, 7) is 0. The van der Waals surface area contributed by atoms with Crippen molar-refractivity contribution >= 4 is 21.6 Å². The SMILES string of the molecule is CN(C)c1cnc(Br)cc1OC1CC1. The van der Waals surface area contributed by atoms with E-state index in [-0.39, 0.29) is 0 Å². The second-order valence-electron chi connectivity index (χ2n) is 3.69. The highest BCUT2D eigenvalue weighted by atomic mass is 79.9. The van der Waals surface area contributed by atoms with Gasteiger partial charge in [-0.05, 0) is 28.8 Å². The molecule has 1 saturated carbocycles. The Bertz CT molecular complexity index is 337. The van der Waals surface area contributed by atoms with E-state index >= 15 is 0 Å². The number of pyridine rings is 1. The molecule has 1 fully saturated rings. The van der Waals surface area contributed by atoms with Crippen LogP contribution in [-0.4, -0.2) is 25.2 Å². The summed E-state index contributed by atoms with van der Waals surface area (Å²) >= 11 is 3.35. The minimum absolute atomic E-state index is 0.419. The highest BCUT2D eigenvalue weighted by Gasteiger charge is 2.25. The van der Waals surface area contributed by atoms with Crippen LogP contribution >= 0.6 is 15.9 Å². The fourth-order valence-electron chi connectivity index (χ4n) is 1.20. The maximum Gasteiger partial charge on any atom is 0.147 e. The molecule has 0 aliphatic heterocycles. The molecule has 76 valence electrons. The Hall–Kier alpha value is -0.770. The second-order valence-corrected chi connectivity index (χ2v) is 4.50. The summed E-state index contributed by atoms with van der Waals surface area (Å²) in [6.07, 6.45) is 4.59. The zero-order chi connectivity index (χ0) is 10.1. The highest BCUT2D eigenvalue weighted by Crippen LogP contribution is 2.34. The van der Waals surface area contributed by atoms with Crippen molar-refractivity contribution in [2.75, 3.05) is 19.0 Å². The van der Waals surface area contributed by atoms with Crippen LogP contribution in [0.3, 0.4) is 0 Å². The first-order chi connectivity index (χ1) is 6.66. The summed E-state index contributed by atoms with van der Waals surface area (Å²) in [6, 6.07) is 1.92. The van der Waals surface area contributed by atoms with Gasteiger partial charge in [-0.25, -0.2) is 4.98 Å². The monoisotopic (exact) mass is 256 g/mol. The molecule has 0 spiro atoms. The fraction of sp³-hybridized carbons (Fsp3) is 0.500. The standard InChI is InChI=1S/C10H13BrN2O/c1-13(2)8-6-12-10(11)5-9(8)14-7-3-4-7/h5-7H,3-4H2,1-2H3. The first-order valence-electron chi connectivity index (χ1n) is 4.66. The topological polar surface area (TPSA) is 25.4 Å². The first kappa shape index (κ1) is 9.77. The molecule has 1 aliphatic rings. The maximum absolute atomic E-state index is 5.79. The van der Waals surface area contributed by atoms with Crippen molar-refractivity contribution in [3.8, 4) is 5.75 Å². The Morgan fingerprint density at radius 2 is 2.21 bits per heavy atom. The van der Waals surface area contributed by atoms with Crippen molar-refractivity contribution in [2.45, 2.75) is 18.9 Å². The summed E-state index contributed by atoms with van der Waals surface area (Å²) in [5.41, 5.74) is 1.03. The van der Waals surface area contributed by atoms with Gasteiger partial charge in [0, 0.05) is 20.2 Å². The summed E-state index contributed by atoms with van der Waals surface area (Å²) < 4.78 is 6.61. The van der Waals surface area contributed by atoms with Gasteiger partial charge >= 0.3 is 0 Å². The zero-order valence-electron chi connectivity index (χ0n) is 8.33. The molecule has 0 atom stereocenters. The van der Waals surface area contributed by atoms with Crippen LogP contribution in [0.15, 0.2) is 16.9 Å². The van der Waals surface area contributed by atoms with Crippen LogP contribution in [0.4, 0.5) is 5.69 Å². The van der Waals surface area contributed by atoms with Crippen molar-refractivity contribution in [1.29, 1.82) is 0 Å². The Labute approximate surface area is 92.2 Å². The molecule has 0 saturated heterocycles. The number of anilines is 1. The Morgan fingerprint density at radius 3 is 2.79 bits per heavy atom. The van der Waals surface area contributed by atoms with Crippen LogP contribution < -0.4 is 9.64 Å². The van der Waals surface area contributed by atoms with Gasteiger partial charge in [-0.15, -0.1) is 0 Å². The Morgan fingerprint density at radius 1 is 1.50 bits per heavy atom. The maximum atomic E-state index is 5.79. The van der Waals surface area contributed by atoms with Crippen molar-refractivity contribution in [3.05, 3.63) is 16.9 Å². The van der Waals surface area contributed by atoms with Crippen LogP contribution in [0, 0.1) is 0 Å². The third kappa shape index (κ3) is 2.18. The van der Waals surface area contributed by atoms with Crippen molar-refractivity contribution in [1.82, 2.24) is 4.98 Å². The third-order valence-electron chi connectivity index (χ3n) is 2.11. The number of aromatic nitrogens is 1. The van der Waals surface area contributed by atoms with E-state index in [0.29, 0.717) is 6.10 Å². The molecule has 1 heterocycles. The zero-order valence-corrected chi connectivity index (χ0v) is 9.91. The van der Waals surface area contributed by atoms with Crippen LogP contribution in [0.25, 0.3) is 0 Å². The Kier molecular flexibility index (Phi) is 2.63. The van der Waals surface area contributed by atoms with Crippen LogP contribution in [-0.2, 0) is 0 Å². The number of halogens is 1. The molecule has 4 heteroatoms. The van der Waals surface area contributed by atoms with Crippen LogP contribution in [0.1, 0.15) is 12.8 Å². The van der Waals surface area contributed by atoms with Gasteiger partial charge in [0.05, 0.1) is 18.0 Å². The summed E-state index contributed by atoms with van der Waals surface area (Å²) in [7, 11) is 3.98. The molecule has 0 bridgehead atoms. The molecule has 3 nitrogen and oxygen atoms in total. The van der Waals surface area contributed by atoms with Crippen LogP contribution in [0.5, 0.6) is 5.75 Å². The Balaban J connectivity index is 2.27. The number of rotatable bonds is 3. The van der Waals surface area contributed by atoms with E-state index in [9.17, 15) is 0 Å². The first-order valence-corrected chi connectivity index (χ1v) is 5.45. The average Bonchev–Trinajstić information content (AvgIpc) is 2.87. The van der Waals surface area contributed by atoms with Gasteiger partial charge in [0.2, 0.25) is 0 Å². The lowest BCUT2D eigenvalue weighted by atomic mass is 10.3. The third-order valence-corrected chi connectivity index (χ3v) is 2.55. The molecular formula is C10H13BrN2O. The number of ether oxygens (including phenoxy) is 1. The predicted octanol–water partition coefficient (Wildman–Crippen LogP) is 2.45. The molecule has 0 unspecified atom stereocenters. The van der Waals surface area contributed by atoms with E-state index in [0.717, 1.165) is 16.0 Å². The quantitative estimate of drug-likeness (QED) is 0.778. The van der Waals surface area contributed by atoms with Gasteiger partial charge in [0.1, 0.15) is 10.4 Å². The average molecular weight is 257 g/mol. The minimum Gasteiger partial charge on any atom is -0.488 e. The van der Waals surface area contributed by atoms with E-state index in [4.69, 9.17) is 4.74 Å². The van der Waals surface area contributed by atoms with E-state index in [2.05, 4.69) is 20.9 Å². The minimum atomic E-state index is 0.419. The number of nitrogens with zero attached hydrogens (tertiary/aromatic N) is 2. The molecule has 1 aliphatic carbocycles. The lowest BCUT2D eigenvalue weighted by Crippen LogP contribution is -2.11. The van der Waals surface area contributed by atoms with Crippen molar-refractivity contribution in [2.24, 2.45) is 0 Å². The van der Waals surface area contributed by atoms with E-state index in [1.807, 2.05) is 31.3 Å². The van der Waals surface area contributed by atoms with Gasteiger partial charge in [0.25, 0.3) is 0 Å². The fourth-order valence-corrected chi connectivity index (χ4v) is 1.51. The van der Waals surface area contributed by atoms with E-state index in [1.165, 1.54) is 12.8 Å². The smallest absolute Gasteiger partial charge is 0.147 e. The summed E-state index contributed by atoms with van der Waals surface area (Å²) in [5, 5.41) is 0. The highest BCUT2D eigenvalue weighted by molar-refractivity contribution is 9.10. The molecule has 0 N–H and O–H groups in total. The van der Waals surface area contributed by atoms with E-state index in [1.54, 1.807) is 0 Å². The molecular weight excluding hydrogens is 244 g/mol. The van der Waals surface area contributed by atoms with Gasteiger partial charge < -0.3 is 9.64 Å². The molecule has 0 radical (unpaired) electrons. The lowest BCUT2D eigenvalue weighted by molar-refractivity contribution is 0.303. The van der Waals surface area contributed by atoms with Gasteiger partial charge in [-0.3, -0.25) is 0 Å². The van der Waals surface area contributed by atoms with Crippen molar-refractivity contribution < 1.29 is 4.74 Å². The second kappa shape index (κ2) is 3.77. The summed E-state index contributed by atoms with van der Waals surface area (Å²) in [5.74, 6) is 0.916. The van der Waals surface area contributed by atoms with Gasteiger partial charge in [0.15, 0.2) is 0 Å². The van der Waals surface area contributed by atoms with Gasteiger partial charge in [-0.2, -0.15) is 0 Å². The van der Waals surface area contributed by atoms with E-state index < -0.39 is 0 Å². The number of hydrogen-bond donors (Lipinski definition) is 0. The molecule has 2 rings (SSSR count). The van der Waals surface area contributed by atoms with Gasteiger partial charge in [-0.1, -0.05) is 0 Å².